The molecule has 2 N–H and O–H groups in total. The number of aliphatic hydroxyl groups is 2. The van der Waals surface area contributed by atoms with Crippen molar-refractivity contribution < 1.29 is 43.5 Å². The highest BCUT2D eigenvalue weighted by atomic mass is 32.2. The van der Waals surface area contributed by atoms with Crippen molar-refractivity contribution in [3.05, 3.63) is 139 Å². The number of rotatable bonds is 24. The van der Waals surface area contributed by atoms with E-state index in [1.54, 1.807) is 28.8 Å². The average Bonchev–Trinajstić information content (AvgIpc) is 3.37. The van der Waals surface area contributed by atoms with Gasteiger partial charge in [-0.3, -0.25) is 4.90 Å². The van der Waals surface area contributed by atoms with Crippen molar-refractivity contribution >= 4 is 34.3 Å². The van der Waals surface area contributed by atoms with Gasteiger partial charge in [0.1, 0.15) is 17.5 Å². The Kier molecular flexibility index (Phi) is 17.7. The fourth-order valence-corrected chi connectivity index (χ4v) is 11.5. The maximum Gasteiger partial charge on any atom is 0.410 e. The fourth-order valence-electron chi connectivity index (χ4n) is 10.7. The summed E-state index contributed by atoms with van der Waals surface area (Å²) in [5.74, 6) is 0.148. The molecule has 11 nitrogen and oxygen atoms in total. The summed E-state index contributed by atoms with van der Waals surface area (Å²) >= 11 is 1.75. The maximum atomic E-state index is 15.0. The van der Waals surface area contributed by atoms with E-state index in [1.807, 2.05) is 48.5 Å². The Hall–Kier alpha value is -5.11. The number of benzene rings is 4. The van der Waals surface area contributed by atoms with Gasteiger partial charge >= 0.3 is 6.09 Å². The average molecular weight is 945 g/mol. The van der Waals surface area contributed by atoms with Crippen LogP contribution in [0.25, 0.3) is 10.8 Å². The molecule has 1 unspecified atom stereocenters. The van der Waals surface area contributed by atoms with E-state index < -0.39 is 30.1 Å². The third kappa shape index (κ3) is 11.5. The largest absolute Gasteiger partial charge is 0.493 e. The SMILES string of the molecule is C=CCCOC(=O)N(Cc1cccc2ccccc12)[C@H]1CC(=NOC2CCCCO2)C2=C[C@H](CCCCO)[C@@H](CCCCO)[C@@H]3c4cc(OCCSc5ccccc5)ccc4O[C@@]1(OCC=C)[C@H]23. The Labute approximate surface area is 406 Å². The molecule has 1 saturated heterocycles. The second-order valence-electron chi connectivity index (χ2n) is 18.1. The molecule has 2 heterocycles. The number of unbranched alkanes of at least 4 members (excludes halogenated alkanes) is 2. The first-order chi connectivity index (χ1) is 33.5. The molecule has 68 heavy (non-hydrogen) atoms. The number of carbonyl (C=O) groups excluding carboxylic acids is 1. The Balaban J connectivity index is 1.30. The molecule has 1 saturated carbocycles. The van der Waals surface area contributed by atoms with Crippen molar-refractivity contribution in [1.29, 1.82) is 0 Å². The van der Waals surface area contributed by atoms with E-state index in [0.29, 0.717) is 43.9 Å². The minimum atomic E-state index is -1.46. The number of oxime groups is 1. The molecule has 7 atom stereocenters. The predicted molar refractivity (Wildman–Crippen MR) is 268 cm³/mol. The molecule has 8 rings (SSSR count). The van der Waals surface area contributed by atoms with Crippen LogP contribution >= 0.6 is 11.8 Å². The molecule has 0 radical (unpaired) electrons. The summed E-state index contributed by atoms with van der Waals surface area (Å²) in [5, 5.41) is 27.2. The van der Waals surface area contributed by atoms with Crippen LogP contribution in [0.4, 0.5) is 4.79 Å². The van der Waals surface area contributed by atoms with E-state index in [9.17, 15) is 10.2 Å². The summed E-state index contributed by atoms with van der Waals surface area (Å²) in [6.45, 7) is 9.79. The van der Waals surface area contributed by atoms with Crippen LogP contribution in [0.3, 0.4) is 0 Å². The second-order valence-corrected chi connectivity index (χ2v) is 19.3. The highest BCUT2D eigenvalue weighted by Gasteiger charge is 2.66. The van der Waals surface area contributed by atoms with Crippen LogP contribution in [0, 0.1) is 17.8 Å². The van der Waals surface area contributed by atoms with Gasteiger partial charge in [0.2, 0.25) is 12.1 Å². The quantitative estimate of drug-likeness (QED) is 0.0303. The number of amides is 1. The van der Waals surface area contributed by atoms with Crippen molar-refractivity contribution in [3.8, 4) is 11.5 Å². The van der Waals surface area contributed by atoms with Crippen molar-refractivity contribution in [1.82, 2.24) is 4.90 Å². The molecule has 2 fully saturated rings. The van der Waals surface area contributed by atoms with E-state index in [0.717, 1.165) is 83.9 Å². The number of ether oxygens (including phenoxy) is 5. The Morgan fingerprint density at radius 2 is 1.72 bits per heavy atom. The number of aliphatic hydroxyl groups excluding tert-OH is 2. The lowest BCUT2D eigenvalue weighted by Crippen LogP contribution is -2.70. The highest BCUT2D eigenvalue weighted by Crippen LogP contribution is 2.62. The summed E-state index contributed by atoms with van der Waals surface area (Å²) < 4.78 is 33.5. The summed E-state index contributed by atoms with van der Waals surface area (Å²) in [5.41, 5.74) is 3.61. The molecule has 0 bridgehead atoms. The van der Waals surface area contributed by atoms with Gasteiger partial charge in [-0.2, -0.15) is 0 Å². The summed E-state index contributed by atoms with van der Waals surface area (Å²) in [6, 6.07) is 30.0. The number of nitrogens with zero attached hydrogens (tertiary/aromatic N) is 2. The van der Waals surface area contributed by atoms with Crippen LogP contribution in [0.5, 0.6) is 11.5 Å². The Morgan fingerprint density at radius 1 is 0.912 bits per heavy atom. The van der Waals surface area contributed by atoms with Gasteiger partial charge in [0.25, 0.3) is 0 Å². The van der Waals surface area contributed by atoms with E-state index in [4.69, 9.17) is 33.7 Å². The third-order valence-corrected chi connectivity index (χ3v) is 14.8. The van der Waals surface area contributed by atoms with Crippen LogP contribution in [0.15, 0.2) is 138 Å². The smallest absolute Gasteiger partial charge is 0.410 e. The van der Waals surface area contributed by atoms with Crippen molar-refractivity contribution in [2.24, 2.45) is 22.9 Å². The normalized spacial score (nSPS) is 24.5. The minimum absolute atomic E-state index is 0.0564. The van der Waals surface area contributed by atoms with Gasteiger partial charge < -0.3 is 38.7 Å². The maximum absolute atomic E-state index is 15.0. The topological polar surface area (TPSA) is 129 Å². The number of fused-ring (bicyclic) bond motifs is 3. The number of hydrogen-bond acceptors (Lipinski definition) is 11. The standard InChI is InChI=1S/C56H68N2O9S/c1-3-5-32-64-55(61)58(39-42-21-17-20-40-18-9-10-24-45(40)42)51-38-49(57-67-52-26-13-16-33-63-52)47-36-41(19-11-14-29-59)46(25-12-15-30-60)53-48-37-43(62-34-35-68-44-22-7-6-8-23-44)27-28-50(48)66-56(51,54(47)53)65-31-4-2/h3-4,6-10,17-18,20-24,27-28,36-37,41,46,51-54,59-60H,1-2,5,11-16,19,25-26,29-35,38-39H2/t41-,46+,51-,52?,53+,54+,56+/m0/s1. The fraction of sp³-hybridized carbons (Fsp3) is 0.464. The van der Waals surface area contributed by atoms with E-state index in [1.165, 1.54) is 4.90 Å². The molecule has 4 aliphatic rings. The molecule has 4 aromatic carbocycles. The molecule has 4 aromatic rings. The minimum Gasteiger partial charge on any atom is -0.493 e. The van der Waals surface area contributed by atoms with Gasteiger partial charge in [-0.05, 0) is 109 Å². The molecule has 0 spiro atoms. The van der Waals surface area contributed by atoms with Crippen LogP contribution in [-0.4, -0.2) is 90.4 Å². The molecule has 0 aromatic heterocycles. The predicted octanol–water partition coefficient (Wildman–Crippen LogP) is 11.4. The number of allylic oxidation sites excluding steroid dienone is 1. The van der Waals surface area contributed by atoms with Crippen molar-refractivity contribution in [3.63, 3.8) is 0 Å². The third-order valence-electron chi connectivity index (χ3n) is 13.8. The van der Waals surface area contributed by atoms with Gasteiger partial charge in [-0.1, -0.05) is 96.9 Å². The number of thioether (sulfide) groups is 1. The first kappa shape index (κ1) is 49.3. The van der Waals surface area contributed by atoms with Crippen LogP contribution in [-0.2, 0) is 25.6 Å². The van der Waals surface area contributed by atoms with E-state index >= 15 is 4.79 Å². The number of hydrogen-bond donors (Lipinski definition) is 2. The van der Waals surface area contributed by atoms with Crippen molar-refractivity contribution in [2.45, 2.75) is 106 Å². The first-order valence-corrected chi connectivity index (χ1v) is 25.6. The van der Waals surface area contributed by atoms with Gasteiger partial charge in [-0.15, -0.1) is 24.9 Å². The lowest BCUT2D eigenvalue weighted by atomic mass is 9.55. The zero-order valence-corrected chi connectivity index (χ0v) is 40.1. The van der Waals surface area contributed by atoms with E-state index in [2.05, 4.69) is 61.7 Å². The zero-order valence-electron chi connectivity index (χ0n) is 39.3. The van der Waals surface area contributed by atoms with Crippen molar-refractivity contribution in [2.75, 3.05) is 45.4 Å². The molecule has 12 heteroatoms. The van der Waals surface area contributed by atoms with Gasteiger partial charge in [0.05, 0.1) is 44.6 Å². The van der Waals surface area contributed by atoms with Gasteiger partial charge in [0.15, 0.2) is 0 Å². The van der Waals surface area contributed by atoms with Crippen LogP contribution in [0.2, 0.25) is 0 Å². The Morgan fingerprint density at radius 3 is 2.51 bits per heavy atom. The summed E-state index contributed by atoms with van der Waals surface area (Å²) in [4.78, 5) is 24.4. The molecular weight excluding hydrogens is 877 g/mol. The van der Waals surface area contributed by atoms with Crippen LogP contribution < -0.4 is 9.47 Å². The van der Waals surface area contributed by atoms with E-state index in [-0.39, 0.29) is 57.1 Å². The number of carbonyl (C=O) groups is 1. The van der Waals surface area contributed by atoms with Crippen LogP contribution in [0.1, 0.15) is 87.7 Å². The second kappa shape index (κ2) is 24.4. The summed E-state index contributed by atoms with van der Waals surface area (Å²) in [6.07, 6.45) is 12.9. The zero-order chi connectivity index (χ0) is 47.1. The lowest BCUT2D eigenvalue weighted by molar-refractivity contribution is -0.256. The molecule has 2 aliphatic heterocycles. The molecular formula is C56H68N2O9S. The van der Waals surface area contributed by atoms with Gasteiger partial charge in [-0.25, -0.2) is 4.79 Å². The highest BCUT2D eigenvalue weighted by molar-refractivity contribution is 7.99. The molecule has 1 amide bonds. The molecule has 362 valence electrons. The summed E-state index contributed by atoms with van der Waals surface area (Å²) in [7, 11) is 0. The monoisotopic (exact) mass is 944 g/mol. The molecule has 2 aliphatic carbocycles. The Bertz CT molecular complexity index is 2350. The van der Waals surface area contributed by atoms with Gasteiger partial charge in [0, 0.05) is 48.2 Å². The first-order valence-electron chi connectivity index (χ1n) is 24.7. The lowest BCUT2D eigenvalue weighted by Gasteiger charge is -2.60.